The van der Waals surface area contributed by atoms with E-state index < -0.39 is 10.0 Å². The van der Waals surface area contributed by atoms with E-state index in [9.17, 15) is 13.2 Å². The van der Waals surface area contributed by atoms with Crippen LogP contribution in [0.5, 0.6) is 5.75 Å². The van der Waals surface area contributed by atoms with E-state index in [0.29, 0.717) is 34.5 Å². The fraction of sp³-hybridized carbons (Fsp3) is 0.316. The summed E-state index contributed by atoms with van der Waals surface area (Å²) in [4.78, 5) is 11.8. The van der Waals surface area contributed by atoms with Gasteiger partial charge in [-0.15, -0.1) is 0 Å². The van der Waals surface area contributed by atoms with Crippen LogP contribution in [0.25, 0.3) is 0 Å². The molecular formula is C19H23ClN2O4S. The second-order valence-electron chi connectivity index (χ2n) is 6.53. The molecule has 2 rings (SSSR count). The van der Waals surface area contributed by atoms with Crippen molar-refractivity contribution in [2.24, 2.45) is 5.92 Å². The van der Waals surface area contributed by atoms with Crippen molar-refractivity contribution in [3.8, 4) is 5.75 Å². The van der Waals surface area contributed by atoms with E-state index in [-0.39, 0.29) is 17.4 Å². The Balaban J connectivity index is 2.04. The van der Waals surface area contributed by atoms with Crippen molar-refractivity contribution in [3.63, 3.8) is 0 Å². The molecular weight excluding hydrogens is 388 g/mol. The molecule has 0 aliphatic heterocycles. The SMILES string of the molecule is Cc1cc(S(=O)(=O)Nc2ccc(Cl)cc2)ccc1OCC(=O)NCC(C)C. The van der Waals surface area contributed by atoms with Gasteiger partial charge in [0.25, 0.3) is 15.9 Å². The summed E-state index contributed by atoms with van der Waals surface area (Å²) in [6.07, 6.45) is 0. The average molecular weight is 411 g/mol. The van der Waals surface area contributed by atoms with E-state index in [1.54, 1.807) is 37.3 Å². The van der Waals surface area contributed by atoms with Gasteiger partial charge in [-0.25, -0.2) is 8.42 Å². The van der Waals surface area contributed by atoms with E-state index in [2.05, 4.69) is 10.0 Å². The van der Waals surface area contributed by atoms with Gasteiger partial charge in [0.05, 0.1) is 4.90 Å². The lowest BCUT2D eigenvalue weighted by Gasteiger charge is -2.13. The number of hydrogen-bond donors (Lipinski definition) is 2. The highest BCUT2D eigenvalue weighted by molar-refractivity contribution is 7.92. The number of hydrogen-bond acceptors (Lipinski definition) is 4. The Kier molecular flexibility index (Phi) is 7.10. The lowest BCUT2D eigenvalue weighted by molar-refractivity contribution is -0.123. The third kappa shape index (κ3) is 6.45. The number of halogens is 1. The van der Waals surface area contributed by atoms with Gasteiger partial charge in [0.1, 0.15) is 5.75 Å². The van der Waals surface area contributed by atoms with E-state index in [4.69, 9.17) is 16.3 Å². The zero-order valence-corrected chi connectivity index (χ0v) is 17.0. The van der Waals surface area contributed by atoms with Gasteiger partial charge >= 0.3 is 0 Å². The minimum absolute atomic E-state index is 0.103. The predicted molar refractivity (Wildman–Crippen MR) is 107 cm³/mol. The molecule has 0 fully saturated rings. The lowest BCUT2D eigenvalue weighted by atomic mass is 10.2. The molecule has 2 aromatic carbocycles. The summed E-state index contributed by atoms with van der Waals surface area (Å²) >= 11 is 5.81. The van der Waals surface area contributed by atoms with Crippen LogP contribution in [0.1, 0.15) is 19.4 Å². The maximum Gasteiger partial charge on any atom is 0.261 e. The van der Waals surface area contributed by atoms with Crippen LogP contribution in [0.2, 0.25) is 5.02 Å². The van der Waals surface area contributed by atoms with Crippen LogP contribution in [0, 0.1) is 12.8 Å². The lowest BCUT2D eigenvalue weighted by Crippen LogP contribution is -2.31. The van der Waals surface area contributed by atoms with Gasteiger partial charge in [0.2, 0.25) is 0 Å². The number of rotatable bonds is 8. The molecule has 0 bridgehead atoms. The van der Waals surface area contributed by atoms with Crippen LogP contribution in [0.3, 0.4) is 0 Å². The van der Waals surface area contributed by atoms with Gasteiger partial charge in [0.15, 0.2) is 6.61 Å². The minimum atomic E-state index is -3.74. The van der Waals surface area contributed by atoms with Crippen molar-refractivity contribution in [2.45, 2.75) is 25.7 Å². The zero-order chi connectivity index (χ0) is 20.0. The fourth-order valence-electron chi connectivity index (χ4n) is 2.20. The molecule has 0 unspecified atom stereocenters. The third-order valence-electron chi connectivity index (χ3n) is 3.62. The van der Waals surface area contributed by atoms with Gasteiger partial charge in [-0.1, -0.05) is 25.4 Å². The Bertz CT molecular complexity index is 896. The van der Waals surface area contributed by atoms with Gasteiger partial charge in [-0.3, -0.25) is 9.52 Å². The van der Waals surface area contributed by atoms with Gasteiger partial charge in [-0.2, -0.15) is 0 Å². The molecule has 0 heterocycles. The molecule has 0 spiro atoms. The molecule has 0 aromatic heterocycles. The first-order valence-corrected chi connectivity index (χ1v) is 10.3. The van der Waals surface area contributed by atoms with Crippen molar-refractivity contribution in [1.82, 2.24) is 5.32 Å². The minimum Gasteiger partial charge on any atom is -0.484 e. The van der Waals surface area contributed by atoms with Crippen molar-refractivity contribution in [2.75, 3.05) is 17.9 Å². The molecule has 27 heavy (non-hydrogen) atoms. The molecule has 0 atom stereocenters. The Morgan fingerprint density at radius 3 is 2.41 bits per heavy atom. The van der Waals surface area contributed by atoms with Crippen molar-refractivity contribution < 1.29 is 17.9 Å². The Labute approximate surface area is 164 Å². The fourth-order valence-corrected chi connectivity index (χ4v) is 3.46. The maximum absolute atomic E-state index is 12.5. The Morgan fingerprint density at radius 2 is 1.81 bits per heavy atom. The maximum atomic E-state index is 12.5. The van der Waals surface area contributed by atoms with E-state index in [1.165, 1.54) is 12.1 Å². The average Bonchev–Trinajstić information content (AvgIpc) is 2.60. The van der Waals surface area contributed by atoms with Crippen molar-refractivity contribution in [3.05, 3.63) is 53.1 Å². The number of anilines is 1. The Hall–Kier alpha value is -2.25. The summed E-state index contributed by atoms with van der Waals surface area (Å²) in [6.45, 7) is 6.19. The first kappa shape index (κ1) is 21.1. The zero-order valence-electron chi connectivity index (χ0n) is 15.5. The quantitative estimate of drug-likeness (QED) is 0.696. The summed E-state index contributed by atoms with van der Waals surface area (Å²) in [5.74, 6) is 0.595. The summed E-state index contributed by atoms with van der Waals surface area (Å²) in [7, 11) is -3.74. The van der Waals surface area contributed by atoms with Crippen molar-refractivity contribution in [1.29, 1.82) is 0 Å². The first-order valence-electron chi connectivity index (χ1n) is 8.46. The Morgan fingerprint density at radius 1 is 1.15 bits per heavy atom. The van der Waals surface area contributed by atoms with Crippen LogP contribution < -0.4 is 14.8 Å². The molecule has 0 saturated heterocycles. The summed E-state index contributed by atoms with van der Waals surface area (Å²) < 4.78 is 33.0. The van der Waals surface area contributed by atoms with Crippen molar-refractivity contribution >= 4 is 33.2 Å². The topological polar surface area (TPSA) is 84.5 Å². The van der Waals surface area contributed by atoms with E-state index in [1.807, 2.05) is 13.8 Å². The number of carbonyl (C=O) groups excluding carboxylic acids is 1. The number of ether oxygens (including phenoxy) is 1. The number of amides is 1. The smallest absolute Gasteiger partial charge is 0.261 e. The van der Waals surface area contributed by atoms with E-state index in [0.717, 1.165) is 0 Å². The van der Waals surface area contributed by atoms with Gasteiger partial charge in [0, 0.05) is 17.3 Å². The molecule has 0 radical (unpaired) electrons. The van der Waals surface area contributed by atoms with Crippen LogP contribution in [0.15, 0.2) is 47.4 Å². The van der Waals surface area contributed by atoms with Crippen LogP contribution in [-0.4, -0.2) is 27.5 Å². The highest BCUT2D eigenvalue weighted by Gasteiger charge is 2.16. The molecule has 1 amide bonds. The molecule has 0 aliphatic carbocycles. The third-order valence-corrected chi connectivity index (χ3v) is 5.25. The first-order chi connectivity index (χ1) is 12.7. The molecule has 8 heteroatoms. The van der Waals surface area contributed by atoms with Crippen LogP contribution >= 0.6 is 11.6 Å². The standard InChI is InChI=1S/C19H23ClN2O4S/c1-13(2)11-21-19(23)12-26-18-9-8-17(10-14(18)3)27(24,25)22-16-6-4-15(20)5-7-16/h4-10,13,22H,11-12H2,1-3H3,(H,21,23). The van der Waals surface area contributed by atoms with Crippen LogP contribution in [0.4, 0.5) is 5.69 Å². The summed E-state index contributed by atoms with van der Waals surface area (Å²) in [5, 5.41) is 3.28. The summed E-state index contributed by atoms with van der Waals surface area (Å²) in [6, 6.07) is 10.9. The number of benzene rings is 2. The number of nitrogens with one attached hydrogen (secondary N) is 2. The number of aryl methyl sites for hydroxylation is 1. The van der Waals surface area contributed by atoms with Gasteiger partial charge < -0.3 is 10.1 Å². The second kappa shape index (κ2) is 9.10. The molecule has 2 N–H and O–H groups in total. The summed E-state index contributed by atoms with van der Waals surface area (Å²) in [5.41, 5.74) is 1.03. The highest BCUT2D eigenvalue weighted by atomic mass is 35.5. The molecule has 6 nitrogen and oxygen atoms in total. The second-order valence-corrected chi connectivity index (χ2v) is 8.65. The molecule has 2 aromatic rings. The van der Waals surface area contributed by atoms with Crippen LogP contribution in [-0.2, 0) is 14.8 Å². The van der Waals surface area contributed by atoms with E-state index >= 15 is 0 Å². The number of sulfonamides is 1. The largest absolute Gasteiger partial charge is 0.484 e. The highest BCUT2D eigenvalue weighted by Crippen LogP contribution is 2.24. The normalized spacial score (nSPS) is 11.3. The predicted octanol–water partition coefficient (Wildman–Crippen LogP) is 3.60. The molecule has 0 aliphatic rings. The number of carbonyl (C=O) groups is 1. The van der Waals surface area contributed by atoms with Gasteiger partial charge in [-0.05, 0) is 60.9 Å². The monoisotopic (exact) mass is 410 g/mol. The molecule has 146 valence electrons. The molecule has 0 saturated carbocycles.